The zero-order valence-corrected chi connectivity index (χ0v) is 11.7. The van der Waals surface area contributed by atoms with Crippen LogP contribution in [0.15, 0.2) is 18.2 Å². The van der Waals surface area contributed by atoms with Crippen molar-refractivity contribution in [3.8, 4) is 5.75 Å². The SMILES string of the molecule is CC1CCCCC1(CN)NC(=O)c1ccc(F)cc1O. The van der Waals surface area contributed by atoms with Crippen LogP contribution in [-0.2, 0) is 0 Å². The molecule has 0 heterocycles. The minimum absolute atomic E-state index is 0.0806. The maximum absolute atomic E-state index is 13.0. The Hall–Kier alpha value is -1.62. The first-order chi connectivity index (χ1) is 9.48. The van der Waals surface area contributed by atoms with Gasteiger partial charge >= 0.3 is 0 Å². The summed E-state index contributed by atoms with van der Waals surface area (Å²) < 4.78 is 13.0. The number of carbonyl (C=O) groups is 1. The van der Waals surface area contributed by atoms with E-state index in [2.05, 4.69) is 12.2 Å². The van der Waals surface area contributed by atoms with Crippen molar-refractivity contribution >= 4 is 5.91 Å². The summed E-state index contributed by atoms with van der Waals surface area (Å²) >= 11 is 0. The molecule has 1 fully saturated rings. The van der Waals surface area contributed by atoms with Gasteiger partial charge in [0.05, 0.1) is 11.1 Å². The second kappa shape index (κ2) is 5.79. The maximum Gasteiger partial charge on any atom is 0.255 e. The number of nitrogens with two attached hydrogens (primary N) is 1. The number of halogens is 1. The summed E-state index contributed by atoms with van der Waals surface area (Å²) in [5.41, 5.74) is 5.53. The molecule has 0 bridgehead atoms. The van der Waals surface area contributed by atoms with Crippen LogP contribution in [-0.4, -0.2) is 23.1 Å². The van der Waals surface area contributed by atoms with Gasteiger partial charge in [0.2, 0.25) is 0 Å². The summed E-state index contributed by atoms with van der Waals surface area (Å²) in [6.07, 6.45) is 4.02. The number of rotatable bonds is 3. The van der Waals surface area contributed by atoms with Gasteiger partial charge in [-0.15, -0.1) is 0 Å². The van der Waals surface area contributed by atoms with Gasteiger partial charge in [-0.2, -0.15) is 0 Å². The molecule has 4 N–H and O–H groups in total. The second-order valence-corrected chi connectivity index (χ2v) is 5.62. The van der Waals surface area contributed by atoms with Gasteiger partial charge in [0.1, 0.15) is 11.6 Å². The lowest BCUT2D eigenvalue weighted by molar-refractivity contribution is 0.0810. The van der Waals surface area contributed by atoms with Crippen LogP contribution in [0, 0.1) is 11.7 Å². The molecule has 1 aliphatic carbocycles. The summed E-state index contributed by atoms with van der Waals surface area (Å²) in [5.74, 6) is -1.04. The number of hydrogen-bond acceptors (Lipinski definition) is 3. The molecule has 2 unspecified atom stereocenters. The van der Waals surface area contributed by atoms with E-state index in [1.54, 1.807) is 0 Å². The van der Waals surface area contributed by atoms with Crippen molar-refractivity contribution in [2.75, 3.05) is 6.54 Å². The number of carbonyl (C=O) groups excluding carboxylic acids is 1. The summed E-state index contributed by atoms with van der Waals surface area (Å²) in [6, 6.07) is 3.39. The molecule has 0 saturated heterocycles. The quantitative estimate of drug-likeness (QED) is 0.794. The minimum Gasteiger partial charge on any atom is -0.507 e. The fourth-order valence-electron chi connectivity index (χ4n) is 2.94. The molecule has 1 aromatic rings. The number of aromatic hydroxyl groups is 1. The highest BCUT2D eigenvalue weighted by atomic mass is 19.1. The molecular weight excluding hydrogens is 259 g/mol. The van der Waals surface area contributed by atoms with E-state index in [0.29, 0.717) is 6.54 Å². The molecule has 1 aliphatic rings. The summed E-state index contributed by atoms with van der Waals surface area (Å²) in [4.78, 5) is 12.3. The Labute approximate surface area is 118 Å². The molecule has 20 heavy (non-hydrogen) atoms. The van der Waals surface area contributed by atoms with E-state index in [4.69, 9.17) is 5.73 Å². The second-order valence-electron chi connectivity index (χ2n) is 5.62. The van der Waals surface area contributed by atoms with Crippen LogP contribution in [0.25, 0.3) is 0 Å². The highest BCUT2D eigenvalue weighted by Crippen LogP contribution is 2.33. The first kappa shape index (κ1) is 14.8. The molecule has 0 spiro atoms. The standard InChI is InChI=1S/C15H21FN2O2/c1-10-4-2-3-7-15(10,9-17)18-14(20)12-6-5-11(16)8-13(12)19/h5-6,8,10,19H,2-4,7,9,17H2,1H3,(H,18,20). The first-order valence-electron chi connectivity index (χ1n) is 6.99. The van der Waals surface area contributed by atoms with Crippen LogP contribution in [0.2, 0.25) is 0 Å². The van der Waals surface area contributed by atoms with E-state index in [9.17, 15) is 14.3 Å². The number of amides is 1. The molecule has 4 nitrogen and oxygen atoms in total. The molecule has 110 valence electrons. The highest BCUT2D eigenvalue weighted by molar-refractivity contribution is 5.97. The third-order valence-corrected chi connectivity index (χ3v) is 4.38. The van der Waals surface area contributed by atoms with Crippen molar-refractivity contribution in [2.24, 2.45) is 11.7 Å². The van der Waals surface area contributed by atoms with E-state index in [1.165, 1.54) is 6.07 Å². The van der Waals surface area contributed by atoms with Gasteiger partial charge in [0.15, 0.2) is 0 Å². The molecule has 5 heteroatoms. The van der Waals surface area contributed by atoms with Gasteiger partial charge in [0.25, 0.3) is 5.91 Å². The average Bonchev–Trinajstić information content (AvgIpc) is 2.41. The third-order valence-electron chi connectivity index (χ3n) is 4.38. The van der Waals surface area contributed by atoms with Crippen LogP contribution < -0.4 is 11.1 Å². The van der Waals surface area contributed by atoms with Crippen molar-refractivity contribution in [3.05, 3.63) is 29.6 Å². The Morgan fingerprint density at radius 3 is 2.90 bits per heavy atom. The van der Waals surface area contributed by atoms with E-state index in [0.717, 1.165) is 37.8 Å². The van der Waals surface area contributed by atoms with Crippen LogP contribution >= 0.6 is 0 Å². The van der Waals surface area contributed by atoms with Gasteiger partial charge < -0.3 is 16.2 Å². The molecule has 0 aromatic heterocycles. The lowest BCUT2D eigenvalue weighted by Gasteiger charge is -2.42. The molecular formula is C15H21FN2O2. The summed E-state index contributed by atoms with van der Waals surface area (Å²) in [5, 5.41) is 12.6. The topological polar surface area (TPSA) is 75.3 Å². The maximum atomic E-state index is 13.0. The van der Waals surface area contributed by atoms with Crippen LogP contribution in [0.1, 0.15) is 43.0 Å². The number of phenolic OH excluding ortho intramolecular Hbond substituents is 1. The van der Waals surface area contributed by atoms with E-state index >= 15 is 0 Å². The first-order valence-corrected chi connectivity index (χ1v) is 6.99. The van der Waals surface area contributed by atoms with Gasteiger partial charge in [-0.05, 0) is 30.9 Å². The average molecular weight is 280 g/mol. The summed E-state index contributed by atoms with van der Waals surface area (Å²) in [7, 11) is 0. The fourth-order valence-corrected chi connectivity index (χ4v) is 2.94. The predicted molar refractivity (Wildman–Crippen MR) is 74.9 cm³/mol. The molecule has 1 saturated carbocycles. The van der Waals surface area contributed by atoms with Gasteiger partial charge in [-0.25, -0.2) is 4.39 Å². The monoisotopic (exact) mass is 280 g/mol. The molecule has 2 atom stereocenters. The molecule has 0 radical (unpaired) electrons. The Bertz CT molecular complexity index is 507. The number of hydrogen-bond donors (Lipinski definition) is 3. The molecule has 2 rings (SSSR count). The lowest BCUT2D eigenvalue weighted by Crippen LogP contribution is -2.59. The van der Waals surface area contributed by atoms with Crippen molar-refractivity contribution in [1.82, 2.24) is 5.32 Å². The number of nitrogens with one attached hydrogen (secondary N) is 1. The van der Waals surface area contributed by atoms with Crippen molar-refractivity contribution in [2.45, 2.75) is 38.1 Å². The predicted octanol–water partition coefficient (Wildman–Crippen LogP) is 2.17. The van der Waals surface area contributed by atoms with Gasteiger partial charge in [-0.1, -0.05) is 19.8 Å². The van der Waals surface area contributed by atoms with Gasteiger partial charge in [-0.3, -0.25) is 4.79 Å². The van der Waals surface area contributed by atoms with E-state index in [-0.39, 0.29) is 17.2 Å². The molecule has 0 aliphatic heterocycles. The highest BCUT2D eigenvalue weighted by Gasteiger charge is 2.38. The minimum atomic E-state index is -0.571. The van der Waals surface area contributed by atoms with E-state index in [1.807, 2.05) is 0 Å². The molecule has 1 amide bonds. The van der Waals surface area contributed by atoms with E-state index < -0.39 is 17.3 Å². The van der Waals surface area contributed by atoms with Crippen LogP contribution in [0.5, 0.6) is 5.75 Å². The van der Waals surface area contributed by atoms with Crippen molar-refractivity contribution < 1.29 is 14.3 Å². The Morgan fingerprint density at radius 2 is 2.30 bits per heavy atom. The van der Waals surface area contributed by atoms with Gasteiger partial charge in [0, 0.05) is 12.6 Å². The zero-order valence-electron chi connectivity index (χ0n) is 11.7. The van der Waals surface area contributed by atoms with Crippen molar-refractivity contribution in [1.29, 1.82) is 0 Å². The zero-order chi connectivity index (χ0) is 14.8. The number of benzene rings is 1. The Balaban J connectivity index is 2.20. The normalized spacial score (nSPS) is 26.2. The fraction of sp³-hybridized carbons (Fsp3) is 0.533. The summed E-state index contributed by atoms with van der Waals surface area (Å²) in [6.45, 7) is 2.44. The lowest BCUT2D eigenvalue weighted by atomic mass is 9.73. The Kier molecular flexibility index (Phi) is 4.28. The van der Waals surface area contributed by atoms with Crippen LogP contribution in [0.4, 0.5) is 4.39 Å². The smallest absolute Gasteiger partial charge is 0.255 e. The number of phenols is 1. The van der Waals surface area contributed by atoms with Crippen molar-refractivity contribution in [3.63, 3.8) is 0 Å². The van der Waals surface area contributed by atoms with Crippen LogP contribution in [0.3, 0.4) is 0 Å². The molecule has 1 aromatic carbocycles. The largest absolute Gasteiger partial charge is 0.507 e. The Morgan fingerprint density at radius 1 is 1.55 bits per heavy atom. The third kappa shape index (κ3) is 2.77.